The van der Waals surface area contributed by atoms with Crippen LogP contribution in [0, 0.1) is 5.82 Å². The van der Waals surface area contributed by atoms with Crippen LogP contribution in [-0.4, -0.2) is 15.8 Å². The molecule has 5 heteroatoms. The second-order valence-corrected chi connectivity index (χ2v) is 4.02. The van der Waals surface area contributed by atoms with Crippen molar-refractivity contribution in [2.45, 2.75) is 13.3 Å². The minimum Gasteiger partial charge on any atom is -0.294 e. The Hall–Kier alpha value is -1.81. The first-order chi connectivity index (χ1) is 8.61. The van der Waals surface area contributed by atoms with Crippen LogP contribution < -0.4 is 0 Å². The highest BCUT2D eigenvalue weighted by molar-refractivity contribution is 6.28. The van der Waals surface area contributed by atoms with Gasteiger partial charge in [0.25, 0.3) is 0 Å². The maximum atomic E-state index is 13.3. The Kier molecular flexibility index (Phi) is 3.67. The van der Waals surface area contributed by atoms with Gasteiger partial charge in [-0.15, -0.1) is 0 Å². The van der Waals surface area contributed by atoms with E-state index >= 15 is 0 Å². The molecule has 0 aliphatic rings. The summed E-state index contributed by atoms with van der Waals surface area (Å²) in [5.41, 5.74) is 1.31. The van der Waals surface area contributed by atoms with Crippen LogP contribution in [0.15, 0.2) is 30.5 Å². The number of carbonyl (C=O) groups excluding carboxylic acids is 1. The largest absolute Gasteiger partial charge is 0.294 e. The fourth-order valence-electron chi connectivity index (χ4n) is 1.65. The van der Waals surface area contributed by atoms with E-state index in [-0.39, 0.29) is 11.1 Å². The predicted molar refractivity (Wildman–Crippen MR) is 67.1 cm³/mol. The molecule has 2 rings (SSSR count). The highest BCUT2D eigenvalue weighted by Gasteiger charge is 2.13. The molecule has 0 aliphatic heterocycles. The summed E-state index contributed by atoms with van der Waals surface area (Å²) in [4.78, 5) is 19.6. The number of Topliss-reactive ketones (excluding diaryl/α,β-unsaturated/α-hetero) is 1. The maximum absolute atomic E-state index is 13.3. The summed E-state index contributed by atoms with van der Waals surface area (Å²) in [5.74, 6) is -0.493. The number of ketones is 1. The van der Waals surface area contributed by atoms with Gasteiger partial charge in [0.1, 0.15) is 5.82 Å². The summed E-state index contributed by atoms with van der Waals surface area (Å²) >= 11 is 5.70. The lowest BCUT2D eigenvalue weighted by atomic mass is 9.99. The molecule has 1 heterocycles. The quantitative estimate of drug-likeness (QED) is 0.629. The van der Waals surface area contributed by atoms with Crippen LogP contribution in [0.2, 0.25) is 5.28 Å². The van der Waals surface area contributed by atoms with Crippen LogP contribution in [0.4, 0.5) is 4.39 Å². The van der Waals surface area contributed by atoms with Gasteiger partial charge in [-0.3, -0.25) is 4.79 Å². The molecule has 0 spiro atoms. The number of hydrogen-bond donors (Lipinski definition) is 0. The minimum absolute atomic E-state index is 0.0617. The first-order valence-corrected chi connectivity index (χ1v) is 5.81. The zero-order valence-corrected chi connectivity index (χ0v) is 10.4. The van der Waals surface area contributed by atoms with Crippen molar-refractivity contribution in [3.8, 4) is 11.3 Å². The van der Waals surface area contributed by atoms with E-state index in [4.69, 9.17) is 11.6 Å². The fraction of sp³-hybridized carbons (Fsp3) is 0.154. The van der Waals surface area contributed by atoms with Crippen LogP contribution >= 0.6 is 11.6 Å². The molecule has 0 saturated heterocycles. The van der Waals surface area contributed by atoms with Crippen molar-refractivity contribution in [3.63, 3.8) is 0 Å². The van der Waals surface area contributed by atoms with Crippen molar-refractivity contribution < 1.29 is 9.18 Å². The Morgan fingerprint density at radius 1 is 1.39 bits per heavy atom. The number of nitrogens with zero attached hydrogens (tertiary/aromatic N) is 2. The zero-order chi connectivity index (χ0) is 13.1. The average molecular weight is 265 g/mol. The third-order valence-electron chi connectivity index (χ3n) is 2.51. The minimum atomic E-state index is -0.424. The SMILES string of the molecule is CCC(=O)c1ccc(F)cc1-c1ccnc(Cl)n1. The first kappa shape index (κ1) is 12.6. The lowest BCUT2D eigenvalue weighted by Crippen LogP contribution is -2.01. The van der Waals surface area contributed by atoms with Gasteiger partial charge in [0.15, 0.2) is 5.78 Å². The summed E-state index contributed by atoms with van der Waals surface area (Å²) in [6, 6.07) is 5.59. The summed E-state index contributed by atoms with van der Waals surface area (Å²) < 4.78 is 13.3. The summed E-state index contributed by atoms with van der Waals surface area (Å²) in [6.45, 7) is 1.75. The Labute approximate surface area is 109 Å². The van der Waals surface area contributed by atoms with Crippen LogP contribution in [0.25, 0.3) is 11.3 Å². The number of rotatable bonds is 3. The molecule has 1 aromatic heterocycles. The molecule has 0 N–H and O–H groups in total. The lowest BCUT2D eigenvalue weighted by molar-refractivity contribution is 0.0988. The van der Waals surface area contributed by atoms with E-state index < -0.39 is 5.82 Å². The van der Waals surface area contributed by atoms with Gasteiger partial charge in [0.2, 0.25) is 5.28 Å². The van der Waals surface area contributed by atoms with E-state index in [1.54, 1.807) is 13.0 Å². The van der Waals surface area contributed by atoms with Crippen molar-refractivity contribution in [2.24, 2.45) is 0 Å². The van der Waals surface area contributed by atoms with E-state index in [2.05, 4.69) is 9.97 Å². The zero-order valence-electron chi connectivity index (χ0n) is 9.65. The van der Waals surface area contributed by atoms with Crippen molar-refractivity contribution in [1.82, 2.24) is 9.97 Å². The normalized spacial score (nSPS) is 10.4. The molecule has 18 heavy (non-hydrogen) atoms. The molecule has 0 atom stereocenters. The van der Waals surface area contributed by atoms with E-state index in [9.17, 15) is 9.18 Å². The van der Waals surface area contributed by atoms with Gasteiger partial charge >= 0.3 is 0 Å². The molecule has 0 saturated carbocycles. The topological polar surface area (TPSA) is 42.9 Å². The smallest absolute Gasteiger partial charge is 0.222 e. The summed E-state index contributed by atoms with van der Waals surface area (Å²) in [6.07, 6.45) is 1.81. The molecule has 0 radical (unpaired) electrons. The Morgan fingerprint density at radius 2 is 2.17 bits per heavy atom. The van der Waals surface area contributed by atoms with Gasteiger partial charge in [0.05, 0.1) is 5.69 Å². The maximum Gasteiger partial charge on any atom is 0.222 e. The molecule has 1 aromatic carbocycles. The second kappa shape index (κ2) is 5.23. The van der Waals surface area contributed by atoms with E-state index in [1.807, 2.05) is 0 Å². The molecule has 0 unspecified atom stereocenters. The number of hydrogen-bond acceptors (Lipinski definition) is 3. The van der Waals surface area contributed by atoms with Crippen LogP contribution in [0.5, 0.6) is 0 Å². The molecule has 0 fully saturated rings. The number of carbonyl (C=O) groups is 1. The summed E-state index contributed by atoms with van der Waals surface area (Å²) in [5, 5.41) is 0.0617. The number of benzene rings is 1. The Morgan fingerprint density at radius 3 is 2.83 bits per heavy atom. The third-order valence-corrected chi connectivity index (χ3v) is 2.69. The molecule has 92 valence electrons. The number of halogens is 2. The van der Waals surface area contributed by atoms with Gasteiger partial charge in [0, 0.05) is 23.7 Å². The van der Waals surface area contributed by atoms with Crippen molar-refractivity contribution in [2.75, 3.05) is 0 Å². The fourth-order valence-corrected chi connectivity index (χ4v) is 1.79. The second-order valence-electron chi connectivity index (χ2n) is 3.68. The highest BCUT2D eigenvalue weighted by atomic mass is 35.5. The van der Waals surface area contributed by atoms with Crippen molar-refractivity contribution >= 4 is 17.4 Å². The lowest BCUT2D eigenvalue weighted by Gasteiger charge is -2.07. The van der Waals surface area contributed by atoms with Gasteiger partial charge in [-0.05, 0) is 35.9 Å². The summed E-state index contributed by atoms with van der Waals surface area (Å²) in [7, 11) is 0. The van der Waals surface area contributed by atoms with Crippen LogP contribution in [0.3, 0.4) is 0 Å². The van der Waals surface area contributed by atoms with Gasteiger partial charge in [-0.2, -0.15) is 0 Å². The van der Waals surface area contributed by atoms with Crippen molar-refractivity contribution in [3.05, 3.63) is 47.1 Å². The van der Waals surface area contributed by atoms with E-state index in [1.165, 1.54) is 24.4 Å². The molecule has 3 nitrogen and oxygen atoms in total. The van der Waals surface area contributed by atoms with Gasteiger partial charge in [-0.1, -0.05) is 6.92 Å². The molecular formula is C13H10ClFN2O. The van der Waals surface area contributed by atoms with Crippen molar-refractivity contribution in [1.29, 1.82) is 0 Å². The van der Waals surface area contributed by atoms with E-state index in [0.717, 1.165) is 0 Å². The predicted octanol–water partition coefficient (Wildman–Crippen LogP) is 3.53. The molecule has 2 aromatic rings. The Bertz CT molecular complexity index is 601. The Balaban J connectivity index is 2.61. The standard InChI is InChI=1S/C13H10ClFN2O/c1-2-12(18)9-4-3-8(15)7-10(9)11-5-6-16-13(14)17-11/h3-7H,2H2,1H3. The van der Waals surface area contributed by atoms with Crippen LogP contribution in [0.1, 0.15) is 23.7 Å². The highest BCUT2D eigenvalue weighted by Crippen LogP contribution is 2.24. The third kappa shape index (κ3) is 2.54. The average Bonchev–Trinajstić information content (AvgIpc) is 2.38. The molecule has 0 aliphatic carbocycles. The van der Waals surface area contributed by atoms with Gasteiger partial charge in [-0.25, -0.2) is 14.4 Å². The van der Waals surface area contributed by atoms with E-state index in [0.29, 0.717) is 23.2 Å². The van der Waals surface area contributed by atoms with Crippen LogP contribution in [-0.2, 0) is 0 Å². The van der Waals surface area contributed by atoms with Gasteiger partial charge < -0.3 is 0 Å². The molecule has 0 amide bonds. The monoisotopic (exact) mass is 264 g/mol. The molecular weight excluding hydrogens is 255 g/mol. The first-order valence-electron chi connectivity index (χ1n) is 5.43. The number of aromatic nitrogens is 2. The molecule has 0 bridgehead atoms.